The van der Waals surface area contributed by atoms with Crippen molar-refractivity contribution in [2.45, 2.75) is 19.9 Å². The Balaban J connectivity index is 2.14. The van der Waals surface area contributed by atoms with Crippen LogP contribution in [0, 0.1) is 0 Å². The van der Waals surface area contributed by atoms with Crippen molar-refractivity contribution in [3.05, 3.63) is 48.0 Å². The maximum Gasteiger partial charge on any atom is 0.103 e. The predicted octanol–water partition coefficient (Wildman–Crippen LogP) is 1.63. The van der Waals surface area contributed by atoms with Gasteiger partial charge in [0, 0.05) is 5.56 Å². The first-order valence-electron chi connectivity index (χ1n) is 6.75. The summed E-state index contributed by atoms with van der Waals surface area (Å²) in [6.45, 7) is 5.41. The molecule has 0 spiro atoms. The molecule has 0 fully saturated rings. The van der Waals surface area contributed by atoms with Gasteiger partial charge in [0.05, 0.1) is 13.2 Å². The van der Waals surface area contributed by atoms with Gasteiger partial charge in [0.25, 0.3) is 0 Å². The van der Waals surface area contributed by atoms with Crippen LogP contribution in [0.5, 0.6) is 0 Å². The van der Waals surface area contributed by atoms with E-state index in [0.717, 1.165) is 26.1 Å². The minimum atomic E-state index is 0.267. The minimum absolute atomic E-state index is 0.267. The van der Waals surface area contributed by atoms with Gasteiger partial charge in [0.2, 0.25) is 0 Å². The van der Waals surface area contributed by atoms with Gasteiger partial charge in [-0.25, -0.2) is 0 Å². The van der Waals surface area contributed by atoms with Gasteiger partial charge in [0.1, 0.15) is 13.1 Å². The molecular weight excluding hydrogens is 222 g/mol. The van der Waals surface area contributed by atoms with Crippen LogP contribution in [0.25, 0.3) is 10.8 Å². The van der Waals surface area contributed by atoms with Crippen LogP contribution in [-0.4, -0.2) is 24.8 Å². The third-order valence-corrected chi connectivity index (χ3v) is 3.34. The topological polar surface area (TPSA) is 24.7 Å². The van der Waals surface area contributed by atoms with Crippen molar-refractivity contribution in [1.29, 1.82) is 0 Å². The van der Waals surface area contributed by atoms with Gasteiger partial charge in [-0.2, -0.15) is 0 Å². The number of aliphatic hydroxyl groups excluding tert-OH is 1. The smallest absolute Gasteiger partial charge is 0.103 e. The fraction of sp³-hybridized carbons (Fsp3) is 0.375. The molecule has 2 aromatic carbocycles. The molecule has 0 saturated carbocycles. The van der Waals surface area contributed by atoms with E-state index in [4.69, 9.17) is 5.11 Å². The maximum absolute atomic E-state index is 9.09. The number of quaternary nitrogens is 1. The molecule has 0 aromatic heterocycles. The highest BCUT2D eigenvalue weighted by Crippen LogP contribution is 2.14. The van der Waals surface area contributed by atoms with Gasteiger partial charge in [-0.05, 0) is 23.3 Å². The Labute approximate surface area is 109 Å². The summed E-state index contributed by atoms with van der Waals surface area (Å²) in [6.07, 6.45) is 1.16. The normalized spacial score (nSPS) is 12.8. The lowest BCUT2D eigenvalue weighted by Gasteiger charge is -2.18. The number of hydrogen-bond donors (Lipinski definition) is 2. The van der Waals surface area contributed by atoms with Gasteiger partial charge in [-0.15, -0.1) is 0 Å². The molecule has 18 heavy (non-hydrogen) atoms. The van der Waals surface area contributed by atoms with E-state index in [1.54, 1.807) is 0 Å². The third kappa shape index (κ3) is 3.31. The van der Waals surface area contributed by atoms with E-state index in [1.165, 1.54) is 21.2 Å². The number of aliphatic hydroxyl groups is 1. The van der Waals surface area contributed by atoms with Crippen molar-refractivity contribution in [2.24, 2.45) is 0 Å². The molecule has 0 aliphatic heterocycles. The van der Waals surface area contributed by atoms with E-state index in [1.807, 2.05) is 0 Å². The molecule has 2 rings (SSSR count). The Kier molecular flexibility index (Phi) is 4.73. The summed E-state index contributed by atoms with van der Waals surface area (Å²) < 4.78 is 0. The van der Waals surface area contributed by atoms with Crippen molar-refractivity contribution in [2.75, 3.05) is 19.7 Å². The second-order valence-electron chi connectivity index (χ2n) is 4.83. The molecule has 1 atom stereocenters. The zero-order valence-corrected chi connectivity index (χ0v) is 11.0. The molecule has 2 aromatic rings. The Morgan fingerprint density at radius 3 is 2.50 bits per heavy atom. The fourth-order valence-corrected chi connectivity index (χ4v) is 2.45. The highest BCUT2D eigenvalue weighted by molar-refractivity contribution is 5.82. The van der Waals surface area contributed by atoms with Gasteiger partial charge < -0.3 is 10.0 Å². The number of fused-ring (bicyclic) bond motifs is 1. The van der Waals surface area contributed by atoms with E-state index in [-0.39, 0.29) is 6.61 Å². The van der Waals surface area contributed by atoms with Crippen molar-refractivity contribution >= 4 is 10.8 Å². The first kappa shape index (κ1) is 13.1. The lowest BCUT2D eigenvalue weighted by Crippen LogP contribution is -3.11. The molecule has 2 heteroatoms. The number of hydrogen-bond acceptors (Lipinski definition) is 1. The Morgan fingerprint density at radius 2 is 1.78 bits per heavy atom. The van der Waals surface area contributed by atoms with Crippen LogP contribution in [0.2, 0.25) is 0 Å². The zero-order valence-electron chi connectivity index (χ0n) is 11.0. The summed E-state index contributed by atoms with van der Waals surface area (Å²) in [5.41, 5.74) is 1.35. The summed E-state index contributed by atoms with van der Waals surface area (Å²) in [5, 5.41) is 11.7. The molecule has 0 aliphatic rings. The van der Waals surface area contributed by atoms with Crippen molar-refractivity contribution < 1.29 is 10.0 Å². The van der Waals surface area contributed by atoms with E-state index in [0.29, 0.717) is 0 Å². The minimum Gasteiger partial charge on any atom is -0.391 e. The average molecular weight is 244 g/mol. The van der Waals surface area contributed by atoms with Gasteiger partial charge in [-0.3, -0.25) is 0 Å². The standard InChI is InChI=1S/C16H21NO/c1-2-9-17(10-11-18)13-14-7-8-15-5-3-4-6-16(15)12-14/h3-8,12,18H,2,9-11,13H2,1H3/p+1. The largest absolute Gasteiger partial charge is 0.391 e. The second kappa shape index (κ2) is 6.53. The third-order valence-electron chi connectivity index (χ3n) is 3.34. The zero-order chi connectivity index (χ0) is 12.8. The van der Waals surface area contributed by atoms with Crippen molar-refractivity contribution in [1.82, 2.24) is 0 Å². The van der Waals surface area contributed by atoms with Crippen LogP contribution in [0.15, 0.2) is 42.5 Å². The molecule has 0 amide bonds. The molecule has 0 heterocycles. The lowest BCUT2D eigenvalue weighted by atomic mass is 10.1. The Morgan fingerprint density at radius 1 is 1.00 bits per heavy atom. The molecule has 0 bridgehead atoms. The predicted molar refractivity (Wildman–Crippen MR) is 75.7 cm³/mol. The molecule has 2 N–H and O–H groups in total. The molecule has 1 unspecified atom stereocenters. The number of rotatable bonds is 6. The molecule has 0 radical (unpaired) electrons. The van der Waals surface area contributed by atoms with Crippen LogP contribution in [0.1, 0.15) is 18.9 Å². The average Bonchev–Trinajstić information content (AvgIpc) is 2.39. The molecule has 96 valence electrons. The lowest BCUT2D eigenvalue weighted by molar-refractivity contribution is -0.914. The molecule has 0 aliphatic carbocycles. The van der Waals surface area contributed by atoms with Crippen LogP contribution < -0.4 is 4.90 Å². The van der Waals surface area contributed by atoms with E-state index >= 15 is 0 Å². The first-order valence-corrected chi connectivity index (χ1v) is 6.75. The Hall–Kier alpha value is -1.38. The quantitative estimate of drug-likeness (QED) is 0.793. The van der Waals surface area contributed by atoms with E-state index < -0.39 is 0 Å². The highest BCUT2D eigenvalue weighted by atomic mass is 16.3. The number of nitrogens with one attached hydrogen (secondary N) is 1. The van der Waals surface area contributed by atoms with Crippen molar-refractivity contribution in [3.8, 4) is 0 Å². The molecule has 0 saturated heterocycles. The van der Waals surface area contributed by atoms with Gasteiger partial charge in [0.15, 0.2) is 0 Å². The maximum atomic E-state index is 9.09. The SMILES string of the molecule is CCC[NH+](CCO)Cc1ccc2ccccc2c1. The van der Waals surface area contributed by atoms with Crippen LogP contribution >= 0.6 is 0 Å². The molecular formula is C16H22NO+. The van der Waals surface area contributed by atoms with Crippen molar-refractivity contribution in [3.63, 3.8) is 0 Å². The van der Waals surface area contributed by atoms with Crippen LogP contribution in [-0.2, 0) is 6.54 Å². The second-order valence-corrected chi connectivity index (χ2v) is 4.83. The number of benzene rings is 2. The first-order chi connectivity index (χ1) is 8.83. The fourth-order valence-electron chi connectivity index (χ4n) is 2.45. The Bertz CT molecular complexity index is 489. The summed E-state index contributed by atoms with van der Waals surface area (Å²) >= 11 is 0. The van der Waals surface area contributed by atoms with Crippen LogP contribution in [0.4, 0.5) is 0 Å². The van der Waals surface area contributed by atoms with E-state index in [9.17, 15) is 0 Å². The monoisotopic (exact) mass is 244 g/mol. The summed E-state index contributed by atoms with van der Waals surface area (Å²) in [4.78, 5) is 1.45. The summed E-state index contributed by atoms with van der Waals surface area (Å²) in [5.74, 6) is 0. The van der Waals surface area contributed by atoms with Gasteiger partial charge >= 0.3 is 0 Å². The summed E-state index contributed by atoms with van der Waals surface area (Å²) in [7, 11) is 0. The summed E-state index contributed by atoms with van der Waals surface area (Å²) in [6, 6.07) is 15.1. The molecule has 2 nitrogen and oxygen atoms in total. The van der Waals surface area contributed by atoms with Gasteiger partial charge in [-0.1, -0.05) is 43.3 Å². The van der Waals surface area contributed by atoms with E-state index in [2.05, 4.69) is 49.4 Å². The van der Waals surface area contributed by atoms with Crippen LogP contribution in [0.3, 0.4) is 0 Å². The highest BCUT2D eigenvalue weighted by Gasteiger charge is 2.08.